The van der Waals surface area contributed by atoms with Crippen LogP contribution < -0.4 is 10.6 Å². The van der Waals surface area contributed by atoms with Gasteiger partial charge in [-0.3, -0.25) is 9.78 Å². The van der Waals surface area contributed by atoms with Crippen molar-refractivity contribution in [2.45, 2.75) is 6.18 Å². The number of nitrogens with one attached hydrogen (secondary N) is 2. The summed E-state index contributed by atoms with van der Waals surface area (Å²) >= 11 is 0. The third-order valence-corrected chi connectivity index (χ3v) is 3.67. The number of nitrogens with zero attached hydrogens (tertiary/aromatic N) is 1. The Morgan fingerprint density at radius 2 is 1.61 bits per heavy atom. The first-order chi connectivity index (χ1) is 13.2. The lowest BCUT2D eigenvalue weighted by atomic mass is 10.2. The van der Waals surface area contributed by atoms with Gasteiger partial charge in [0.1, 0.15) is 17.3 Å². The van der Waals surface area contributed by atoms with Crippen LogP contribution in [0.15, 0.2) is 60.8 Å². The molecule has 0 aliphatic rings. The van der Waals surface area contributed by atoms with Gasteiger partial charge in [0.15, 0.2) is 0 Å². The lowest BCUT2D eigenvalue weighted by molar-refractivity contribution is -0.137. The van der Waals surface area contributed by atoms with Crippen molar-refractivity contribution in [2.24, 2.45) is 0 Å². The fourth-order valence-corrected chi connectivity index (χ4v) is 2.32. The standard InChI is InChI=1S/C19H12F5N3O/c20-12-3-6-16(15(21)9-12)27-18(28)17-10-14(7-8-25-17)26-13-4-1-11(2-5-13)19(22,23)24/h1-10H,(H,25,26)(H,27,28). The molecule has 1 heterocycles. The zero-order chi connectivity index (χ0) is 20.3. The van der Waals surface area contributed by atoms with E-state index in [0.29, 0.717) is 17.4 Å². The maximum Gasteiger partial charge on any atom is 0.416 e. The van der Waals surface area contributed by atoms with Crippen LogP contribution in [0.1, 0.15) is 16.1 Å². The molecule has 3 aromatic rings. The quantitative estimate of drug-likeness (QED) is 0.586. The number of carbonyl (C=O) groups is 1. The van der Waals surface area contributed by atoms with Gasteiger partial charge in [-0.2, -0.15) is 13.2 Å². The van der Waals surface area contributed by atoms with Gasteiger partial charge < -0.3 is 10.6 Å². The van der Waals surface area contributed by atoms with Crippen LogP contribution in [0.3, 0.4) is 0 Å². The number of aromatic nitrogens is 1. The molecule has 0 saturated heterocycles. The normalized spacial score (nSPS) is 11.2. The monoisotopic (exact) mass is 393 g/mol. The molecule has 0 atom stereocenters. The van der Waals surface area contributed by atoms with Crippen LogP contribution in [0.4, 0.5) is 39.0 Å². The van der Waals surface area contributed by atoms with Crippen molar-refractivity contribution < 1.29 is 26.7 Å². The van der Waals surface area contributed by atoms with Crippen molar-refractivity contribution in [3.8, 4) is 0 Å². The van der Waals surface area contributed by atoms with Gasteiger partial charge in [-0.25, -0.2) is 8.78 Å². The minimum absolute atomic E-state index is 0.0689. The van der Waals surface area contributed by atoms with Crippen molar-refractivity contribution in [1.29, 1.82) is 0 Å². The largest absolute Gasteiger partial charge is 0.416 e. The van der Waals surface area contributed by atoms with Gasteiger partial charge >= 0.3 is 6.18 Å². The topological polar surface area (TPSA) is 54.0 Å². The fourth-order valence-electron chi connectivity index (χ4n) is 2.32. The van der Waals surface area contributed by atoms with E-state index in [4.69, 9.17) is 0 Å². The van der Waals surface area contributed by atoms with E-state index in [0.717, 1.165) is 24.3 Å². The predicted molar refractivity (Wildman–Crippen MR) is 93.3 cm³/mol. The molecule has 1 aromatic heterocycles. The van der Waals surface area contributed by atoms with Crippen molar-refractivity contribution in [3.63, 3.8) is 0 Å². The molecular formula is C19H12F5N3O. The van der Waals surface area contributed by atoms with Gasteiger partial charge in [0.25, 0.3) is 5.91 Å². The molecule has 3 rings (SSSR count). The van der Waals surface area contributed by atoms with E-state index >= 15 is 0 Å². The molecule has 0 aliphatic carbocycles. The molecular weight excluding hydrogens is 381 g/mol. The van der Waals surface area contributed by atoms with Crippen molar-refractivity contribution in [1.82, 2.24) is 4.98 Å². The highest BCUT2D eigenvalue weighted by atomic mass is 19.4. The number of alkyl halides is 3. The third kappa shape index (κ3) is 4.61. The van der Waals surface area contributed by atoms with Crippen LogP contribution in [-0.4, -0.2) is 10.9 Å². The highest BCUT2D eigenvalue weighted by Crippen LogP contribution is 2.30. The molecule has 9 heteroatoms. The molecule has 1 amide bonds. The van der Waals surface area contributed by atoms with E-state index < -0.39 is 29.3 Å². The van der Waals surface area contributed by atoms with E-state index in [1.54, 1.807) is 0 Å². The van der Waals surface area contributed by atoms with E-state index in [1.165, 1.54) is 30.5 Å². The van der Waals surface area contributed by atoms with Crippen molar-refractivity contribution in [3.05, 3.63) is 83.7 Å². The lowest BCUT2D eigenvalue weighted by Gasteiger charge is -2.11. The average molecular weight is 393 g/mol. The van der Waals surface area contributed by atoms with Crippen molar-refractivity contribution in [2.75, 3.05) is 10.6 Å². The molecule has 0 bridgehead atoms. The van der Waals surface area contributed by atoms with Gasteiger partial charge in [-0.05, 0) is 48.5 Å². The second-order valence-electron chi connectivity index (χ2n) is 5.71. The maximum atomic E-state index is 13.6. The number of amides is 1. The number of rotatable bonds is 4. The summed E-state index contributed by atoms with van der Waals surface area (Å²) in [6, 6.07) is 9.89. The molecule has 0 spiro atoms. The summed E-state index contributed by atoms with van der Waals surface area (Å²) in [4.78, 5) is 16.1. The van der Waals surface area contributed by atoms with E-state index in [9.17, 15) is 26.7 Å². The number of halogens is 5. The number of pyridine rings is 1. The van der Waals surface area contributed by atoms with Gasteiger partial charge in [-0.15, -0.1) is 0 Å². The maximum absolute atomic E-state index is 13.6. The molecule has 0 aliphatic heterocycles. The Labute approximate surface area is 156 Å². The van der Waals surface area contributed by atoms with Crippen LogP contribution >= 0.6 is 0 Å². The Morgan fingerprint density at radius 1 is 0.893 bits per heavy atom. The van der Waals surface area contributed by atoms with Gasteiger partial charge in [0.2, 0.25) is 0 Å². The Kier molecular flexibility index (Phi) is 5.25. The first kappa shape index (κ1) is 19.3. The number of carbonyl (C=O) groups excluding carboxylic acids is 1. The summed E-state index contributed by atoms with van der Waals surface area (Å²) in [6.45, 7) is 0. The second kappa shape index (κ2) is 7.63. The van der Waals surface area contributed by atoms with Gasteiger partial charge in [0.05, 0.1) is 11.3 Å². The summed E-state index contributed by atoms with van der Waals surface area (Å²) in [5, 5.41) is 5.12. The Balaban J connectivity index is 1.73. The molecule has 144 valence electrons. The SMILES string of the molecule is O=C(Nc1ccc(F)cc1F)c1cc(Nc2ccc(C(F)(F)F)cc2)ccn1. The molecule has 0 radical (unpaired) electrons. The Bertz CT molecular complexity index is 1000. The highest BCUT2D eigenvalue weighted by Gasteiger charge is 2.29. The first-order valence-corrected chi connectivity index (χ1v) is 7.89. The molecule has 28 heavy (non-hydrogen) atoms. The van der Waals surface area contributed by atoms with Crippen LogP contribution in [0.5, 0.6) is 0 Å². The van der Waals surface area contributed by atoms with Crippen LogP contribution in [0.25, 0.3) is 0 Å². The fraction of sp³-hybridized carbons (Fsp3) is 0.0526. The minimum atomic E-state index is -4.43. The Hall–Kier alpha value is -3.49. The lowest BCUT2D eigenvalue weighted by Crippen LogP contribution is -2.15. The zero-order valence-corrected chi connectivity index (χ0v) is 14.0. The number of hydrogen-bond acceptors (Lipinski definition) is 3. The minimum Gasteiger partial charge on any atom is -0.355 e. The first-order valence-electron chi connectivity index (χ1n) is 7.89. The highest BCUT2D eigenvalue weighted by molar-refractivity contribution is 6.03. The number of hydrogen-bond donors (Lipinski definition) is 2. The van der Waals surface area contributed by atoms with E-state index in [2.05, 4.69) is 15.6 Å². The van der Waals surface area contributed by atoms with Gasteiger partial charge in [0, 0.05) is 23.6 Å². The van der Waals surface area contributed by atoms with Crippen LogP contribution in [0.2, 0.25) is 0 Å². The third-order valence-electron chi connectivity index (χ3n) is 3.67. The summed E-state index contributed by atoms with van der Waals surface area (Å²) < 4.78 is 64.4. The van der Waals surface area contributed by atoms with E-state index in [-0.39, 0.29) is 11.4 Å². The van der Waals surface area contributed by atoms with Crippen LogP contribution in [0, 0.1) is 11.6 Å². The molecule has 2 aromatic carbocycles. The predicted octanol–water partition coefficient (Wildman–Crippen LogP) is 5.37. The van der Waals surface area contributed by atoms with E-state index in [1.807, 2.05) is 0 Å². The summed E-state index contributed by atoms with van der Waals surface area (Å²) in [7, 11) is 0. The molecule has 2 N–H and O–H groups in total. The average Bonchev–Trinajstić information content (AvgIpc) is 2.64. The second-order valence-corrected chi connectivity index (χ2v) is 5.71. The summed E-state index contributed by atoms with van der Waals surface area (Å²) in [5.74, 6) is -2.45. The molecule has 4 nitrogen and oxygen atoms in total. The Morgan fingerprint density at radius 3 is 2.25 bits per heavy atom. The summed E-state index contributed by atoms with van der Waals surface area (Å²) in [5.41, 5.74) is -0.307. The number of benzene rings is 2. The molecule has 0 unspecified atom stereocenters. The number of anilines is 3. The molecule has 0 saturated carbocycles. The smallest absolute Gasteiger partial charge is 0.355 e. The zero-order valence-electron chi connectivity index (χ0n) is 14.0. The van der Waals surface area contributed by atoms with Crippen molar-refractivity contribution >= 4 is 23.0 Å². The van der Waals surface area contributed by atoms with Gasteiger partial charge in [-0.1, -0.05) is 0 Å². The van der Waals surface area contributed by atoms with Crippen LogP contribution in [-0.2, 0) is 6.18 Å². The molecule has 0 fully saturated rings. The summed E-state index contributed by atoms with van der Waals surface area (Å²) in [6.07, 6.45) is -3.13.